The van der Waals surface area contributed by atoms with E-state index in [9.17, 15) is 5.11 Å². The highest BCUT2D eigenvalue weighted by Gasteiger charge is 2.52. The highest BCUT2D eigenvalue weighted by Crippen LogP contribution is 2.48. The molecule has 0 aromatic heterocycles. The maximum Gasteiger partial charge on any atom is 0.161 e. The molecule has 5 heteroatoms. The second kappa shape index (κ2) is 6.03. The number of hydrogen-bond acceptors (Lipinski definition) is 4. The van der Waals surface area contributed by atoms with Crippen LogP contribution in [0, 0.1) is 0 Å². The molecular formula is C16H24ClNO3. The number of rotatable bonds is 3. The van der Waals surface area contributed by atoms with Crippen LogP contribution < -0.4 is 9.47 Å². The first kappa shape index (κ1) is 16.4. The first-order valence-corrected chi connectivity index (χ1v) is 7.27. The SMILES string of the molecule is COc1ccc(C2(O)CC3CCCC2N3C)cc1OC.Cl. The minimum absolute atomic E-state index is 0. The van der Waals surface area contributed by atoms with Gasteiger partial charge < -0.3 is 14.6 Å². The standard InChI is InChI=1S/C16H23NO3.ClH/c1-17-12-5-4-6-15(17)16(18,10-12)11-7-8-13(19-2)14(9-11)20-3;/h7-9,12,15,18H,4-6,10H2,1-3H3;1H. The normalized spacial score (nSPS) is 31.6. The van der Waals surface area contributed by atoms with Gasteiger partial charge in [-0.25, -0.2) is 0 Å². The Morgan fingerprint density at radius 2 is 1.90 bits per heavy atom. The van der Waals surface area contributed by atoms with Crippen LogP contribution >= 0.6 is 12.4 Å². The molecule has 3 unspecified atom stereocenters. The van der Waals surface area contributed by atoms with Gasteiger partial charge in [-0.1, -0.05) is 12.5 Å². The summed E-state index contributed by atoms with van der Waals surface area (Å²) in [6.07, 6.45) is 4.25. The van der Waals surface area contributed by atoms with Crippen LogP contribution in [0.3, 0.4) is 0 Å². The molecule has 0 amide bonds. The zero-order valence-corrected chi connectivity index (χ0v) is 13.7. The number of hydrogen-bond donors (Lipinski definition) is 1. The fourth-order valence-electron chi connectivity index (χ4n) is 3.94. The van der Waals surface area contributed by atoms with Crippen molar-refractivity contribution in [3.63, 3.8) is 0 Å². The third-order valence-electron chi connectivity index (χ3n) is 5.06. The van der Waals surface area contributed by atoms with Gasteiger partial charge >= 0.3 is 0 Å². The molecule has 3 atom stereocenters. The van der Waals surface area contributed by atoms with Gasteiger partial charge in [-0.3, -0.25) is 4.90 Å². The van der Waals surface area contributed by atoms with E-state index in [0.29, 0.717) is 17.5 Å². The molecule has 2 saturated heterocycles. The van der Waals surface area contributed by atoms with Gasteiger partial charge in [0.15, 0.2) is 11.5 Å². The van der Waals surface area contributed by atoms with Crippen LogP contribution in [0.4, 0.5) is 0 Å². The van der Waals surface area contributed by atoms with Gasteiger partial charge in [-0.2, -0.15) is 0 Å². The Balaban J connectivity index is 0.00000161. The van der Waals surface area contributed by atoms with E-state index in [4.69, 9.17) is 9.47 Å². The summed E-state index contributed by atoms with van der Waals surface area (Å²) in [7, 11) is 5.39. The Morgan fingerprint density at radius 3 is 2.52 bits per heavy atom. The number of aliphatic hydroxyl groups is 1. The first-order valence-electron chi connectivity index (χ1n) is 7.27. The monoisotopic (exact) mass is 313 g/mol. The largest absolute Gasteiger partial charge is 0.493 e. The smallest absolute Gasteiger partial charge is 0.161 e. The van der Waals surface area contributed by atoms with E-state index in [1.54, 1.807) is 14.2 Å². The lowest BCUT2D eigenvalue weighted by atomic mass is 9.85. The molecule has 0 aliphatic carbocycles. The summed E-state index contributed by atoms with van der Waals surface area (Å²) in [6.45, 7) is 0. The van der Waals surface area contributed by atoms with Gasteiger partial charge in [0, 0.05) is 12.1 Å². The molecule has 21 heavy (non-hydrogen) atoms. The molecule has 2 fully saturated rings. The van der Waals surface area contributed by atoms with Crippen molar-refractivity contribution in [2.45, 2.75) is 43.4 Å². The quantitative estimate of drug-likeness (QED) is 0.931. The average Bonchev–Trinajstić information content (AvgIpc) is 2.63. The molecule has 2 bridgehead atoms. The Bertz CT molecular complexity index is 510. The maximum absolute atomic E-state index is 11.2. The lowest BCUT2D eigenvalue weighted by Gasteiger charge is -2.36. The van der Waals surface area contributed by atoms with E-state index in [0.717, 1.165) is 18.4 Å². The predicted octanol–water partition coefficient (Wildman–Crippen LogP) is 2.57. The first-order chi connectivity index (χ1) is 9.60. The van der Waals surface area contributed by atoms with Gasteiger partial charge in [-0.05, 0) is 44.0 Å². The van der Waals surface area contributed by atoms with Crippen molar-refractivity contribution in [1.29, 1.82) is 0 Å². The van der Waals surface area contributed by atoms with Crippen molar-refractivity contribution in [3.05, 3.63) is 23.8 Å². The van der Waals surface area contributed by atoms with E-state index in [2.05, 4.69) is 11.9 Å². The van der Waals surface area contributed by atoms with Crippen LogP contribution in [0.1, 0.15) is 31.2 Å². The van der Waals surface area contributed by atoms with Crippen molar-refractivity contribution in [1.82, 2.24) is 4.90 Å². The third-order valence-corrected chi connectivity index (χ3v) is 5.06. The topological polar surface area (TPSA) is 41.9 Å². The molecule has 0 spiro atoms. The third kappa shape index (κ3) is 2.50. The molecule has 2 heterocycles. The number of fused-ring (bicyclic) bond motifs is 2. The lowest BCUT2D eigenvalue weighted by Crippen LogP contribution is -2.43. The van der Waals surface area contributed by atoms with Crippen molar-refractivity contribution in [3.8, 4) is 11.5 Å². The Kier molecular flexibility index (Phi) is 4.71. The Hall–Kier alpha value is -0.970. The van der Waals surface area contributed by atoms with Crippen LogP contribution in [0.15, 0.2) is 18.2 Å². The summed E-state index contributed by atoms with van der Waals surface area (Å²) in [5.74, 6) is 1.39. The number of benzene rings is 1. The summed E-state index contributed by atoms with van der Waals surface area (Å²) in [6, 6.07) is 6.48. The van der Waals surface area contributed by atoms with Gasteiger partial charge in [-0.15, -0.1) is 12.4 Å². The summed E-state index contributed by atoms with van der Waals surface area (Å²) >= 11 is 0. The molecule has 2 aliphatic rings. The Labute approximate surface area is 132 Å². The molecule has 3 rings (SSSR count). The highest BCUT2D eigenvalue weighted by molar-refractivity contribution is 5.85. The zero-order chi connectivity index (χ0) is 14.3. The molecule has 4 nitrogen and oxygen atoms in total. The summed E-state index contributed by atoms with van der Waals surface area (Å²) in [5.41, 5.74) is 0.173. The fourth-order valence-corrected chi connectivity index (χ4v) is 3.94. The summed E-state index contributed by atoms with van der Waals surface area (Å²) in [4.78, 5) is 2.35. The number of piperidine rings is 1. The van der Waals surface area contributed by atoms with E-state index < -0.39 is 5.60 Å². The van der Waals surface area contributed by atoms with E-state index >= 15 is 0 Å². The molecule has 0 saturated carbocycles. The van der Waals surface area contributed by atoms with Crippen LogP contribution in [-0.4, -0.2) is 43.4 Å². The number of halogens is 1. The molecule has 1 aromatic carbocycles. The summed E-state index contributed by atoms with van der Waals surface area (Å²) < 4.78 is 10.6. The second-order valence-electron chi connectivity index (χ2n) is 5.96. The molecule has 118 valence electrons. The highest BCUT2D eigenvalue weighted by atomic mass is 35.5. The zero-order valence-electron chi connectivity index (χ0n) is 12.8. The van der Waals surface area contributed by atoms with Crippen molar-refractivity contribution in [2.24, 2.45) is 0 Å². The average molecular weight is 314 g/mol. The van der Waals surface area contributed by atoms with E-state index in [1.807, 2.05) is 18.2 Å². The molecule has 0 radical (unpaired) electrons. The molecule has 1 N–H and O–H groups in total. The minimum Gasteiger partial charge on any atom is -0.493 e. The van der Waals surface area contributed by atoms with Crippen molar-refractivity contribution < 1.29 is 14.6 Å². The Morgan fingerprint density at radius 1 is 1.19 bits per heavy atom. The van der Waals surface area contributed by atoms with Crippen molar-refractivity contribution in [2.75, 3.05) is 21.3 Å². The van der Waals surface area contributed by atoms with Crippen LogP contribution in [-0.2, 0) is 5.60 Å². The van der Waals surface area contributed by atoms with Crippen LogP contribution in [0.5, 0.6) is 11.5 Å². The van der Waals surface area contributed by atoms with Gasteiger partial charge in [0.05, 0.1) is 14.2 Å². The van der Waals surface area contributed by atoms with E-state index in [-0.39, 0.29) is 18.4 Å². The second-order valence-corrected chi connectivity index (χ2v) is 5.96. The van der Waals surface area contributed by atoms with Gasteiger partial charge in [0.2, 0.25) is 0 Å². The van der Waals surface area contributed by atoms with Gasteiger partial charge in [0.1, 0.15) is 5.60 Å². The predicted molar refractivity (Wildman–Crippen MR) is 84.5 cm³/mol. The summed E-state index contributed by atoms with van der Waals surface area (Å²) in [5, 5.41) is 11.2. The maximum atomic E-state index is 11.2. The number of methoxy groups -OCH3 is 2. The van der Waals surface area contributed by atoms with Gasteiger partial charge in [0.25, 0.3) is 0 Å². The van der Waals surface area contributed by atoms with E-state index in [1.165, 1.54) is 12.8 Å². The molecule has 2 aliphatic heterocycles. The number of likely N-dealkylation sites (N-methyl/N-ethyl adjacent to an activating group) is 1. The molecular weight excluding hydrogens is 290 g/mol. The molecule has 1 aromatic rings. The van der Waals surface area contributed by atoms with Crippen molar-refractivity contribution >= 4 is 12.4 Å². The van der Waals surface area contributed by atoms with Crippen LogP contribution in [0.2, 0.25) is 0 Å². The lowest BCUT2D eigenvalue weighted by molar-refractivity contribution is -0.00291. The number of ether oxygens (including phenoxy) is 2. The number of nitrogens with zero attached hydrogens (tertiary/aromatic N) is 1. The fraction of sp³-hybridized carbons (Fsp3) is 0.625. The van der Waals surface area contributed by atoms with Crippen LogP contribution in [0.25, 0.3) is 0 Å². The minimum atomic E-state index is -0.768.